The molecule has 192 valence electrons. The van der Waals surface area contributed by atoms with Crippen LogP contribution in [0.2, 0.25) is 0 Å². The molecule has 3 rings (SSSR count). The van der Waals surface area contributed by atoms with Crippen molar-refractivity contribution < 1.29 is 36.3 Å². The molecule has 1 saturated heterocycles. The fourth-order valence-corrected chi connectivity index (χ4v) is 4.73. The number of rotatable bonds is 8. The van der Waals surface area contributed by atoms with E-state index in [4.69, 9.17) is 4.74 Å². The number of nitrogens with zero attached hydrogens (tertiary/aromatic N) is 3. The highest BCUT2D eigenvalue weighted by atomic mass is 32.1. The number of ether oxygens (including phenoxy) is 1. The fourth-order valence-electron chi connectivity index (χ4n) is 4.04. The zero-order chi connectivity index (χ0) is 25.9. The maximum Gasteiger partial charge on any atom is 0.408 e. The van der Waals surface area contributed by atoms with Crippen molar-refractivity contribution in [2.45, 2.75) is 70.8 Å². The third kappa shape index (κ3) is 5.88. The molecule has 0 saturated carbocycles. The number of hydrogen-bond acceptors (Lipinski definition) is 7. The summed E-state index contributed by atoms with van der Waals surface area (Å²) >= 11 is 0.937. The van der Waals surface area contributed by atoms with Gasteiger partial charge in [-0.05, 0) is 39.2 Å². The SMILES string of the molecule is CCOC(=O)c1nc(C(=O)N2C(C)CCC2c2cnc(N[C@H](CC)C(F)(F)F)cc2C(F)F)cs1. The number of pyridine rings is 1. The predicted molar refractivity (Wildman–Crippen MR) is 119 cm³/mol. The van der Waals surface area contributed by atoms with Crippen LogP contribution in [0.4, 0.5) is 27.8 Å². The number of anilines is 1. The van der Waals surface area contributed by atoms with Gasteiger partial charge in [0.1, 0.15) is 17.6 Å². The summed E-state index contributed by atoms with van der Waals surface area (Å²) in [6.07, 6.45) is -5.90. The standard InChI is InChI=1S/C22H25F5N4O3S/c1-4-16(22(25,26)27)30-17-8-12(18(23)24)13(9-28-17)15-7-6-11(3)31(15)20(32)14-10-35-19(29-14)21(33)34-5-2/h8-11,15-16,18H,4-7H2,1-3H3,(H,28,30)/t11?,15?,16-/m1/s1. The first kappa shape index (κ1) is 26.8. The molecule has 0 aromatic carbocycles. The first-order valence-electron chi connectivity index (χ1n) is 11.0. The number of alkyl halides is 5. The molecule has 3 atom stereocenters. The van der Waals surface area contributed by atoms with Crippen molar-refractivity contribution in [3.05, 3.63) is 39.5 Å². The van der Waals surface area contributed by atoms with Gasteiger partial charge in [-0.25, -0.2) is 23.5 Å². The summed E-state index contributed by atoms with van der Waals surface area (Å²) in [5, 5.41) is 3.57. The van der Waals surface area contributed by atoms with Gasteiger partial charge in [-0.3, -0.25) is 4.79 Å². The molecule has 0 radical (unpaired) electrons. The lowest BCUT2D eigenvalue weighted by Crippen LogP contribution is -2.37. The Morgan fingerprint density at radius 2 is 2.00 bits per heavy atom. The topological polar surface area (TPSA) is 84.4 Å². The van der Waals surface area contributed by atoms with E-state index in [0.717, 1.165) is 23.6 Å². The van der Waals surface area contributed by atoms with Gasteiger partial charge in [-0.15, -0.1) is 11.3 Å². The number of carbonyl (C=O) groups is 2. The molecule has 1 fully saturated rings. The first-order valence-corrected chi connectivity index (χ1v) is 11.9. The third-order valence-corrected chi connectivity index (χ3v) is 6.59. The summed E-state index contributed by atoms with van der Waals surface area (Å²) in [5.41, 5.74) is -0.455. The van der Waals surface area contributed by atoms with Crippen LogP contribution in [0.3, 0.4) is 0 Å². The van der Waals surface area contributed by atoms with Gasteiger partial charge in [0.05, 0.1) is 12.6 Å². The van der Waals surface area contributed by atoms with Gasteiger partial charge in [0, 0.05) is 28.7 Å². The predicted octanol–water partition coefficient (Wildman–Crippen LogP) is 5.77. The van der Waals surface area contributed by atoms with Crippen molar-refractivity contribution in [1.82, 2.24) is 14.9 Å². The maximum absolute atomic E-state index is 14.0. The van der Waals surface area contributed by atoms with E-state index in [9.17, 15) is 31.5 Å². The molecule has 1 aliphatic heterocycles. The normalized spacial score (nSPS) is 19.2. The number of aromatic nitrogens is 2. The van der Waals surface area contributed by atoms with Crippen molar-refractivity contribution in [3.63, 3.8) is 0 Å². The summed E-state index contributed by atoms with van der Waals surface area (Å²) in [7, 11) is 0. The Kier molecular flexibility index (Phi) is 8.29. The van der Waals surface area contributed by atoms with E-state index in [1.165, 1.54) is 17.2 Å². The highest BCUT2D eigenvalue weighted by molar-refractivity contribution is 7.11. The average Bonchev–Trinajstić information content (AvgIpc) is 3.43. The van der Waals surface area contributed by atoms with Crippen LogP contribution in [0.25, 0.3) is 0 Å². The number of amides is 1. The number of carbonyl (C=O) groups excluding carboxylic acids is 2. The number of esters is 1. The second kappa shape index (κ2) is 10.8. The zero-order valence-corrected chi connectivity index (χ0v) is 20.1. The van der Waals surface area contributed by atoms with Crippen molar-refractivity contribution in [3.8, 4) is 0 Å². The molecule has 35 heavy (non-hydrogen) atoms. The van der Waals surface area contributed by atoms with Crippen LogP contribution in [-0.4, -0.2) is 51.6 Å². The van der Waals surface area contributed by atoms with Crippen LogP contribution in [0, 0.1) is 0 Å². The molecule has 0 bridgehead atoms. The number of halogens is 5. The molecule has 2 unspecified atom stereocenters. The van der Waals surface area contributed by atoms with E-state index in [2.05, 4.69) is 15.3 Å². The van der Waals surface area contributed by atoms with Crippen LogP contribution in [-0.2, 0) is 4.74 Å². The van der Waals surface area contributed by atoms with E-state index in [1.54, 1.807) is 13.8 Å². The molecular weight excluding hydrogens is 495 g/mol. The molecule has 0 aliphatic carbocycles. The Morgan fingerprint density at radius 1 is 1.29 bits per heavy atom. The summed E-state index contributed by atoms with van der Waals surface area (Å²) in [4.78, 5) is 34.5. The number of hydrogen-bond donors (Lipinski definition) is 1. The van der Waals surface area contributed by atoms with Gasteiger partial charge in [0.15, 0.2) is 0 Å². The average molecular weight is 521 g/mol. The van der Waals surface area contributed by atoms with Crippen LogP contribution in [0.5, 0.6) is 0 Å². The lowest BCUT2D eigenvalue weighted by molar-refractivity contribution is -0.142. The Labute approximate surface area is 202 Å². The van der Waals surface area contributed by atoms with E-state index < -0.39 is 42.1 Å². The molecule has 13 heteroatoms. The molecular formula is C22H25F5N4O3S. The summed E-state index contributed by atoms with van der Waals surface area (Å²) < 4.78 is 72.2. The van der Waals surface area contributed by atoms with Crippen LogP contribution in [0.1, 0.15) is 83.9 Å². The van der Waals surface area contributed by atoms with Gasteiger partial charge in [-0.1, -0.05) is 6.92 Å². The smallest absolute Gasteiger partial charge is 0.408 e. The van der Waals surface area contributed by atoms with Crippen molar-refractivity contribution in [2.75, 3.05) is 11.9 Å². The molecule has 0 spiro atoms. The second-order valence-corrected chi connectivity index (χ2v) is 8.92. The largest absolute Gasteiger partial charge is 0.461 e. The Hall–Kier alpha value is -2.83. The van der Waals surface area contributed by atoms with E-state index in [0.29, 0.717) is 12.8 Å². The summed E-state index contributed by atoms with van der Waals surface area (Å²) in [5.74, 6) is -1.54. The molecule has 2 aromatic rings. The Morgan fingerprint density at radius 3 is 2.60 bits per heavy atom. The maximum atomic E-state index is 14.0. The monoisotopic (exact) mass is 520 g/mol. The quantitative estimate of drug-likeness (QED) is 0.351. The number of nitrogens with one attached hydrogen (secondary N) is 1. The van der Waals surface area contributed by atoms with Gasteiger partial charge in [-0.2, -0.15) is 13.2 Å². The molecule has 1 amide bonds. The van der Waals surface area contributed by atoms with Crippen LogP contribution in [0.15, 0.2) is 17.6 Å². The fraction of sp³-hybridized carbons (Fsp3) is 0.545. The van der Waals surface area contributed by atoms with E-state index in [-0.39, 0.29) is 41.2 Å². The summed E-state index contributed by atoms with van der Waals surface area (Å²) in [6, 6.07) is -2.13. The molecule has 1 N–H and O–H groups in total. The summed E-state index contributed by atoms with van der Waals surface area (Å²) in [6.45, 7) is 4.86. The van der Waals surface area contributed by atoms with Gasteiger partial charge in [0.25, 0.3) is 12.3 Å². The van der Waals surface area contributed by atoms with Gasteiger partial charge in [0.2, 0.25) is 5.01 Å². The third-order valence-electron chi connectivity index (χ3n) is 5.76. The van der Waals surface area contributed by atoms with Crippen molar-refractivity contribution >= 4 is 29.0 Å². The van der Waals surface area contributed by atoms with E-state index >= 15 is 0 Å². The second-order valence-electron chi connectivity index (χ2n) is 8.06. The van der Waals surface area contributed by atoms with Crippen molar-refractivity contribution in [1.29, 1.82) is 0 Å². The molecule has 2 aromatic heterocycles. The van der Waals surface area contributed by atoms with Gasteiger partial charge >= 0.3 is 12.1 Å². The number of thiazole rings is 1. The number of likely N-dealkylation sites (tertiary alicyclic amines) is 1. The minimum absolute atomic E-state index is 0.000827. The zero-order valence-electron chi connectivity index (χ0n) is 19.2. The molecule has 1 aliphatic rings. The van der Waals surface area contributed by atoms with Crippen LogP contribution >= 0.6 is 11.3 Å². The minimum Gasteiger partial charge on any atom is -0.461 e. The Bertz CT molecular complexity index is 1060. The highest BCUT2D eigenvalue weighted by Crippen LogP contribution is 2.41. The molecule has 3 heterocycles. The van der Waals surface area contributed by atoms with Crippen LogP contribution < -0.4 is 5.32 Å². The van der Waals surface area contributed by atoms with E-state index in [1.807, 2.05) is 0 Å². The Balaban J connectivity index is 1.91. The van der Waals surface area contributed by atoms with Crippen molar-refractivity contribution in [2.24, 2.45) is 0 Å². The highest BCUT2D eigenvalue weighted by Gasteiger charge is 2.40. The molecule has 7 nitrogen and oxygen atoms in total. The lowest BCUT2D eigenvalue weighted by Gasteiger charge is -2.29. The van der Waals surface area contributed by atoms with Gasteiger partial charge < -0.3 is 15.0 Å². The lowest BCUT2D eigenvalue weighted by atomic mass is 10.00. The minimum atomic E-state index is -4.57. The first-order chi connectivity index (χ1) is 16.5.